The number of nitriles is 1. The molecular formula is C21H18N2O2S. The number of hydrogen-bond acceptors (Lipinski definition) is 3. The number of hydrogen-bond donors (Lipinski definition) is 1. The van der Waals surface area contributed by atoms with Crippen molar-refractivity contribution >= 4 is 15.6 Å². The SMILES string of the molecule is N#Cc1ccc(C2CCC23C=CC(c2ccc(S(N)(=O)=O)cc2)=C3)cc1. The summed E-state index contributed by atoms with van der Waals surface area (Å²) in [6.07, 6.45) is 8.85. The van der Waals surface area contributed by atoms with Crippen LogP contribution in [0.4, 0.5) is 0 Å². The zero-order chi connectivity index (χ0) is 18.4. The predicted octanol–water partition coefficient (Wildman–Crippen LogP) is 3.72. The summed E-state index contributed by atoms with van der Waals surface area (Å²) in [5.74, 6) is 0.410. The Hall–Kier alpha value is -2.68. The Balaban J connectivity index is 1.61. The first kappa shape index (κ1) is 16.8. The van der Waals surface area contributed by atoms with Gasteiger partial charge in [-0.2, -0.15) is 5.26 Å². The lowest BCUT2D eigenvalue weighted by molar-refractivity contribution is 0.221. The minimum absolute atomic E-state index is 0.0160. The Kier molecular flexibility index (Phi) is 3.83. The molecule has 1 saturated carbocycles. The second-order valence-electron chi connectivity index (χ2n) is 6.94. The fraction of sp³-hybridized carbons (Fsp3) is 0.190. The van der Waals surface area contributed by atoms with E-state index in [0.717, 1.165) is 24.0 Å². The minimum Gasteiger partial charge on any atom is -0.225 e. The summed E-state index contributed by atoms with van der Waals surface area (Å²) in [5, 5.41) is 14.1. The van der Waals surface area contributed by atoms with E-state index in [1.165, 1.54) is 5.56 Å². The molecule has 0 aliphatic heterocycles. The molecule has 0 amide bonds. The molecule has 2 aliphatic rings. The lowest BCUT2D eigenvalue weighted by Gasteiger charge is -2.45. The molecule has 2 aromatic carbocycles. The molecule has 5 heteroatoms. The van der Waals surface area contributed by atoms with Crippen LogP contribution < -0.4 is 5.14 Å². The van der Waals surface area contributed by atoms with Crippen molar-refractivity contribution in [2.75, 3.05) is 0 Å². The summed E-state index contributed by atoms with van der Waals surface area (Å²) in [5.41, 5.74) is 4.03. The van der Waals surface area contributed by atoms with Gasteiger partial charge in [0.1, 0.15) is 0 Å². The monoisotopic (exact) mass is 362 g/mol. The van der Waals surface area contributed by atoms with Gasteiger partial charge in [0.25, 0.3) is 0 Å². The minimum atomic E-state index is -3.67. The maximum atomic E-state index is 11.4. The van der Waals surface area contributed by atoms with E-state index < -0.39 is 10.0 Å². The zero-order valence-corrected chi connectivity index (χ0v) is 14.9. The van der Waals surface area contributed by atoms with Crippen LogP contribution in [0.25, 0.3) is 5.57 Å². The van der Waals surface area contributed by atoms with Crippen molar-refractivity contribution in [3.8, 4) is 6.07 Å². The van der Waals surface area contributed by atoms with Crippen LogP contribution >= 0.6 is 0 Å². The first-order valence-corrected chi connectivity index (χ1v) is 10.0. The summed E-state index contributed by atoms with van der Waals surface area (Å²) in [6.45, 7) is 0. The van der Waals surface area contributed by atoms with Crippen molar-refractivity contribution < 1.29 is 8.42 Å². The quantitative estimate of drug-likeness (QED) is 0.903. The van der Waals surface area contributed by atoms with Crippen LogP contribution in [0.1, 0.15) is 35.4 Å². The van der Waals surface area contributed by atoms with Gasteiger partial charge in [0.2, 0.25) is 10.0 Å². The van der Waals surface area contributed by atoms with E-state index >= 15 is 0 Å². The van der Waals surface area contributed by atoms with Crippen LogP contribution in [0, 0.1) is 16.7 Å². The zero-order valence-electron chi connectivity index (χ0n) is 14.1. The third-order valence-corrected chi connectivity index (χ3v) is 6.40. The van der Waals surface area contributed by atoms with E-state index in [4.69, 9.17) is 10.4 Å². The van der Waals surface area contributed by atoms with E-state index in [2.05, 4.69) is 24.3 Å². The average Bonchev–Trinajstić information content (AvgIpc) is 3.09. The molecule has 2 atom stereocenters. The molecule has 2 aromatic rings. The number of nitrogens with zero attached hydrogens (tertiary/aromatic N) is 1. The van der Waals surface area contributed by atoms with Gasteiger partial charge >= 0.3 is 0 Å². The van der Waals surface area contributed by atoms with Crippen LogP contribution in [-0.4, -0.2) is 8.42 Å². The van der Waals surface area contributed by atoms with Crippen molar-refractivity contribution in [2.45, 2.75) is 23.7 Å². The highest BCUT2D eigenvalue weighted by molar-refractivity contribution is 7.89. The molecule has 4 rings (SSSR count). The van der Waals surface area contributed by atoms with E-state index in [-0.39, 0.29) is 10.3 Å². The third kappa shape index (κ3) is 2.78. The first-order valence-electron chi connectivity index (χ1n) is 8.47. The summed E-state index contributed by atoms with van der Waals surface area (Å²) in [7, 11) is -3.67. The van der Waals surface area contributed by atoms with Gasteiger partial charge in [0, 0.05) is 5.41 Å². The maximum Gasteiger partial charge on any atom is 0.238 e. The Morgan fingerprint density at radius 2 is 1.77 bits per heavy atom. The standard InChI is InChI=1S/C21H18N2O2S/c22-14-15-1-3-17(4-2-15)20-10-12-21(20)11-9-18(13-21)16-5-7-19(8-6-16)26(23,24)25/h1-9,11,13,20H,10,12H2,(H2,23,24,25). The smallest absolute Gasteiger partial charge is 0.225 e. The molecule has 4 nitrogen and oxygen atoms in total. The van der Waals surface area contributed by atoms with Gasteiger partial charge in [0.15, 0.2) is 0 Å². The van der Waals surface area contributed by atoms with E-state index in [0.29, 0.717) is 11.5 Å². The summed E-state index contributed by atoms with van der Waals surface area (Å²) >= 11 is 0. The molecule has 0 bridgehead atoms. The normalized spacial score (nSPS) is 24.2. The predicted molar refractivity (Wildman–Crippen MR) is 100 cm³/mol. The molecule has 2 unspecified atom stereocenters. The molecule has 1 spiro atoms. The number of sulfonamides is 1. The molecule has 2 N–H and O–H groups in total. The van der Waals surface area contributed by atoms with Crippen LogP contribution in [0.2, 0.25) is 0 Å². The lowest BCUT2D eigenvalue weighted by Crippen LogP contribution is -2.33. The Morgan fingerprint density at radius 1 is 1.08 bits per heavy atom. The van der Waals surface area contributed by atoms with Gasteiger partial charge < -0.3 is 0 Å². The van der Waals surface area contributed by atoms with Crippen LogP contribution in [-0.2, 0) is 10.0 Å². The largest absolute Gasteiger partial charge is 0.238 e. The molecule has 26 heavy (non-hydrogen) atoms. The molecule has 0 radical (unpaired) electrons. The van der Waals surface area contributed by atoms with E-state index in [1.807, 2.05) is 24.3 Å². The van der Waals surface area contributed by atoms with E-state index in [9.17, 15) is 8.42 Å². The molecule has 1 fully saturated rings. The highest BCUT2D eigenvalue weighted by atomic mass is 32.2. The van der Waals surface area contributed by atoms with E-state index in [1.54, 1.807) is 24.3 Å². The summed E-state index contributed by atoms with van der Waals surface area (Å²) in [6, 6.07) is 16.7. The molecular weight excluding hydrogens is 344 g/mol. The van der Waals surface area contributed by atoms with Gasteiger partial charge in [-0.3, -0.25) is 0 Å². The molecule has 0 aromatic heterocycles. The topological polar surface area (TPSA) is 83.9 Å². The average molecular weight is 362 g/mol. The molecule has 0 heterocycles. The van der Waals surface area contributed by atoms with Crippen molar-refractivity contribution in [3.63, 3.8) is 0 Å². The van der Waals surface area contributed by atoms with Gasteiger partial charge in [0.05, 0.1) is 16.5 Å². The van der Waals surface area contributed by atoms with Crippen LogP contribution in [0.15, 0.2) is 71.7 Å². The number of rotatable bonds is 3. The Morgan fingerprint density at radius 3 is 2.31 bits per heavy atom. The van der Waals surface area contributed by atoms with Crippen LogP contribution in [0.5, 0.6) is 0 Å². The fourth-order valence-corrected chi connectivity index (χ4v) is 4.42. The number of nitrogens with two attached hydrogens (primary N) is 1. The summed E-state index contributed by atoms with van der Waals surface area (Å²) in [4.78, 5) is 0.123. The number of allylic oxidation sites excluding steroid dienone is 4. The van der Waals surface area contributed by atoms with Gasteiger partial charge in [-0.25, -0.2) is 13.6 Å². The number of benzene rings is 2. The van der Waals surface area contributed by atoms with Crippen LogP contribution in [0.3, 0.4) is 0 Å². The number of primary sulfonamides is 1. The fourth-order valence-electron chi connectivity index (χ4n) is 3.91. The Labute approximate surface area is 153 Å². The molecule has 0 saturated heterocycles. The highest BCUT2D eigenvalue weighted by Gasteiger charge is 2.45. The highest BCUT2D eigenvalue weighted by Crippen LogP contribution is 2.58. The van der Waals surface area contributed by atoms with Gasteiger partial charge in [-0.1, -0.05) is 42.5 Å². The maximum absolute atomic E-state index is 11.4. The first-order chi connectivity index (χ1) is 12.4. The van der Waals surface area contributed by atoms with Crippen molar-refractivity contribution in [3.05, 3.63) is 83.4 Å². The van der Waals surface area contributed by atoms with Crippen molar-refractivity contribution in [1.82, 2.24) is 0 Å². The van der Waals surface area contributed by atoms with Gasteiger partial charge in [-0.05, 0) is 59.7 Å². The lowest BCUT2D eigenvalue weighted by atomic mass is 9.58. The summed E-state index contributed by atoms with van der Waals surface area (Å²) < 4.78 is 22.8. The van der Waals surface area contributed by atoms with Crippen molar-refractivity contribution in [1.29, 1.82) is 5.26 Å². The Bertz CT molecular complexity index is 1060. The third-order valence-electron chi connectivity index (χ3n) is 5.47. The molecule has 2 aliphatic carbocycles. The van der Waals surface area contributed by atoms with Crippen molar-refractivity contribution in [2.24, 2.45) is 10.6 Å². The second kappa shape index (κ2) is 5.94. The second-order valence-corrected chi connectivity index (χ2v) is 8.50. The van der Waals surface area contributed by atoms with Gasteiger partial charge in [-0.15, -0.1) is 0 Å². The molecule has 130 valence electrons.